The fourth-order valence-corrected chi connectivity index (χ4v) is 3.16. The topological polar surface area (TPSA) is 71.5 Å². The Morgan fingerprint density at radius 2 is 2.17 bits per heavy atom. The average molecular weight is 358 g/mol. The van der Waals surface area contributed by atoms with Crippen LogP contribution in [0.4, 0.5) is 0 Å². The summed E-state index contributed by atoms with van der Waals surface area (Å²) in [6, 6.07) is 1.89. The summed E-state index contributed by atoms with van der Waals surface area (Å²) in [7, 11) is -2.96. The molecule has 0 bridgehead atoms. The Hall–Kier alpha value is -1.41. The Morgan fingerprint density at radius 1 is 1.48 bits per heavy atom. The Morgan fingerprint density at radius 3 is 2.78 bits per heavy atom. The largest absolute Gasteiger partial charge is 0.490 e. The number of nitrogens with one attached hydrogen (secondary N) is 1. The quantitative estimate of drug-likeness (QED) is 0.793. The summed E-state index contributed by atoms with van der Waals surface area (Å²) in [5.74, 6) is 0.973. The number of sulfone groups is 1. The van der Waals surface area contributed by atoms with Crippen molar-refractivity contribution < 1.29 is 13.2 Å². The van der Waals surface area contributed by atoms with Crippen LogP contribution in [0, 0.1) is 6.92 Å². The van der Waals surface area contributed by atoms with E-state index >= 15 is 0 Å². The number of hydrogen-bond donors (Lipinski definition) is 1. The number of aryl methyl sites for hydroxylation is 1. The van der Waals surface area contributed by atoms with E-state index in [4.69, 9.17) is 17.0 Å². The SMILES string of the molecule is Cc1cnccc1OC1CCN(C(=S)NCCS(C)(=O)=O)CC1. The first-order valence-electron chi connectivity index (χ1n) is 7.63. The molecule has 1 aromatic rings. The molecular formula is C15H23N3O3S2. The maximum atomic E-state index is 11.1. The average Bonchev–Trinajstić information content (AvgIpc) is 2.49. The van der Waals surface area contributed by atoms with Gasteiger partial charge in [0.25, 0.3) is 0 Å². The van der Waals surface area contributed by atoms with E-state index in [1.54, 1.807) is 12.4 Å². The van der Waals surface area contributed by atoms with Gasteiger partial charge in [0.2, 0.25) is 0 Å². The number of aromatic nitrogens is 1. The van der Waals surface area contributed by atoms with Crippen LogP contribution in [0.2, 0.25) is 0 Å². The highest BCUT2D eigenvalue weighted by atomic mass is 32.2. The molecule has 128 valence electrons. The number of hydrogen-bond acceptors (Lipinski definition) is 5. The van der Waals surface area contributed by atoms with Crippen LogP contribution < -0.4 is 10.1 Å². The first-order chi connectivity index (χ1) is 10.8. The van der Waals surface area contributed by atoms with Crippen LogP contribution in [0.15, 0.2) is 18.5 Å². The standard InChI is InChI=1S/C15H23N3O3S2/c1-12-11-16-6-3-14(12)21-13-4-8-18(9-5-13)15(22)17-7-10-23(2,19)20/h3,6,11,13H,4-5,7-10H2,1-2H3,(H,17,22). The highest BCUT2D eigenvalue weighted by Gasteiger charge is 2.22. The fraction of sp³-hybridized carbons (Fsp3) is 0.600. The molecule has 1 N–H and O–H groups in total. The van der Waals surface area contributed by atoms with E-state index in [1.165, 1.54) is 6.26 Å². The number of likely N-dealkylation sites (tertiary alicyclic amines) is 1. The van der Waals surface area contributed by atoms with Crippen LogP contribution in [0.25, 0.3) is 0 Å². The zero-order valence-electron chi connectivity index (χ0n) is 13.5. The molecule has 1 fully saturated rings. The van der Waals surface area contributed by atoms with Gasteiger partial charge in [0, 0.05) is 56.7 Å². The molecule has 0 amide bonds. The van der Waals surface area contributed by atoms with E-state index in [1.807, 2.05) is 13.0 Å². The van der Waals surface area contributed by atoms with Crippen LogP contribution in [0.3, 0.4) is 0 Å². The third kappa shape index (κ3) is 5.95. The highest BCUT2D eigenvalue weighted by Crippen LogP contribution is 2.21. The van der Waals surface area contributed by atoms with E-state index in [0.717, 1.165) is 37.2 Å². The summed E-state index contributed by atoms with van der Waals surface area (Å²) in [4.78, 5) is 6.13. The van der Waals surface area contributed by atoms with Gasteiger partial charge < -0.3 is 15.0 Å². The lowest BCUT2D eigenvalue weighted by Crippen LogP contribution is -2.47. The minimum Gasteiger partial charge on any atom is -0.490 e. The number of nitrogens with zero attached hydrogens (tertiary/aromatic N) is 2. The molecule has 2 heterocycles. The van der Waals surface area contributed by atoms with E-state index in [2.05, 4.69) is 15.2 Å². The zero-order chi connectivity index (χ0) is 16.9. The number of rotatable bonds is 5. The van der Waals surface area contributed by atoms with Gasteiger partial charge in [0.15, 0.2) is 5.11 Å². The molecule has 0 saturated carbocycles. The monoisotopic (exact) mass is 357 g/mol. The predicted molar refractivity (Wildman–Crippen MR) is 94.5 cm³/mol. The van der Waals surface area contributed by atoms with Gasteiger partial charge in [-0.2, -0.15) is 0 Å². The van der Waals surface area contributed by atoms with Crippen molar-refractivity contribution in [2.24, 2.45) is 0 Å². The Labute approximate surface area is 143 Å². The molecule has 8 heteroatoms. The van der Waals surface area contributed by atoms with Crippen molar-refractivity contribution >= 4 is 27.2 Å². The summed E-state index contributed by atoms with van der Waals surface area (Å²) in [6.45, 7) is 3.95. The van der Waals surface area contributed by atoms with Gasteiger partial charge in [-0.1, -0.05) is 0 Å². The molecule has 0 unspecified atom stereocenters. The molecule has 0 radical (unpaired) electrons. The smallest absolute Gasteiger partial charge is 0.168 e. The van der Waals surface area contributed by atoms with Gasteiger partial charge in [0.1, 0.15) is 21.7 Å². The number of thiocarbonyl (C=S) groups is 1. The van der Waals surface area contributed by atoms with Crippen molar-refractivity contribution in [1.29, 1.82) is 0 Å². The summed E-state index contributed by atoms with van der Waals surface area (Å²) < 4.78 is 28.3. The maximum absolute atomic E-state index is 11.1. The second-order valence-electron chi connectivity index (χ2n) is 5.81. The van der Waals surface area contributed by atoms with Gasteiger partial charge in [-0.05, 0) is 25.2 Å². The molecule has 0 atom stereocenters. The highest BCUT2D eigenvalue weighted by molar-refractivity contribution is 7.90. The van der Waals surface area contributed by atoms with Crippen LogP contribution >= 0.6 is 12.2 Å². The molecule has 1 aliphatic heterocycles. The Balaban J connectivity index is 1.75. The lowest BCUT2D eigenvalue weighted by Gasteiger charge is -2.34. The van der Waals surface area contributed by atoms with Crippen LogP contribution in [0.5, 0.6) is 5.75 Å². The summed E-state index contributed by atoms with van der Waals surface area (Å²) in [5.41, 5.74) is 1.04. The van der Waals surface area contributed by atoms with Crippen molar-refractivity contribution in [3.8, 4) is 5.75 Å². The molecular weight excluding hydrogens is 334 g/mol. The van der Waals surface area contributed by atoms with E-state index in [-0.39, 0.29) is 11.9 Å². The van der Waals surface area contributed by atoms with Crippen molar-refractivity contribution in [3.63, 3.8) is 0 Å². The van der Waals surface area contributed by atoms with Crippen molar-refractivity contribution in [2.45, 2.75) is 25.9 Å². The molecule has 2 rings (SSSR count). The minimum atomic E-state index is -2.96. The van der Waals surface area contributed by atoms with Gasteiger partial charge in [-0.15, -0.1) is 0 Å². The number of ether oxygens (including phenoxy) is 1. The Kier molecular flexibility index (Phi) is 6.17. The summed E-state index contributed by atoms with van der Waals surface area (Å²) in [5, 5.41) is 3.63. The minimum absolute atomic E-state index is 0.0913. The summed E-state index contributed by atoms with van der Waals surface area (Å²) >= 11 is 5.32. The third-order valence-electron chi connectivity index (χ3n) is 3.74. The van der Waals surface area contributed by atoms with E-state index < -0.39 is 9.84 Å². The van der Waals surface area contributed by atoms with E-state index in [9.17, 15) is 8.42 Å². The first kappa shape index (κ1) is 17.9. The lowest BCUT2D eigenvalue weighted by molar-refractivity contribution is 0.130. The second-order valence-corrected chi connectivity index (χ2v) is 8.45. The Bertz CT molecular complexity index is 641. The number of pyridine rings is 1. The fourth-order valence-electron chi connectivity index (χ4n) is 2.40. The first-order valence-corrected chi connectivity index (χ1v) is 10.1. The molecule has 0 aliphatic carbocycles. The normalized spacial score (nSPS) is 16.2. The van der Waals surface area contributed by atoms with Crippen LogP contribution in [0.1, 0.15) is 18.4 Å². The van der Waals surface area contributed by atoms with Crippen LogP contribution in [-0.4, -0.2) is 61.2 Å². The van der Waals surface area contributed by atoms with Crippen molar-refractivity contribution in [2.75, 3.05) is 31.6 Å². The van der Waals surface area contributed by atoms with Gasteiger partial charge in [0.05, 0.1) is 5.75 Å². The predicted octanol–water partition coefficient (Wildman–Crippen LogP) is 1.15. The van der Waals surface area contributed by atoms with Gasteiger partial charge in [-0.25, -0.2) is 8.42 Å². The molecule has 1 aliphatic rings. The van der Waals surface area contributed by atoms with E-state index in [0.29, 0.717) is 11.7 Å². The maximum Gasteiger partial charge on any atom is 0.168 e. The van der Waals surface area contributed by atoms with Gasteiger partial charge >= 0.3 is 0 Å². The molecule has 1 aromatic heterocycles. The third-order valence-corrected chi connectivity index (χ3v) is 5.09. The molecule has 6 nitrogen and oxygen atoms in total. The molecule has 1 saturated heterocycles. The second kappa shape index (κ2) is 7.92. The van der Waals surface area contributed by atoms with Crippen LogP contribution in [-0.2, 0) is 9.84 Å². The molecule has 0 spiro atoms. The summed E-state index contributed by atoms with van der Waals surface area (Å²) in [6.07, 6.45) is 6.70. The lowest BCUT2D eigenvalue weighted by atomic mass is 10.1. The zero-order valence-corrected chi connectivity index (χ0v) is 15.1. The molecule has 23 heavy (non-hydrogen) atoms. The van der Waals surface area contributed by atoms with Crippen molar-refractivity contribution in [1.82, 2.24) is 15.2 Å². The number of piperidine rings is 1. The van der Waals surface area contributed by atoms with Gasteiger partial charge in [-0.3, -0.25) is 4.98 Å². The van der Waals surface area contributed by atoms with Crippen molar-refractivity contribution in [3.05, 3.63) is 24.0 Å². The molecule has 0 aromatic carbocycles.